The number of rotatable bonds is 4. The van der Waals surface area contributed by atoms with Crippen LogP contribution in [-0.4, -0.2) is 34.7 Å². The first-order chi connectivity index (χ1) is 7.52. The van der Waals surface area contributed by atoms with Gasteiger partial charge in [-0.15, -0.1) is 0 Å². The van der Waals surface area contributed by atoms with Crippen LogP contribution in [0.2, 0.25) is 0 Å². The molecule has 0 aliphatic rings. The Labute approximate surface area is 90.5 Å². The topological polar surface area (TPSA) is 86.6 Å². The average molecular weight is 227 g/mol. The number of carboxylic acid groups (broad SMARTS) is 1. The second-order valence-corrected chi connectivity index (χ2v) is 3.04. The van der Waals surface area contributed by atoms with Gasteiger partial charge in [-0.1, -0.05) is 12.1 Å². The zero-order chi connectivity index (χ0) is 12.1. The lowest BCUT2D eigenvalue weighted by Gasteiger charge is -2.08. The van der Waals surface area contributed by atoms with E-state index < -0.39 is 30.3 Å². The quantitative estimate of drug-likeness (QED) is 0.675. The van der Waals surface area contributed by atoms with Gasteiger partial charge in [0, 0.05) is 0 Å². The maximum Gasteiger partial charge on any atom is 0.334 e. The van der Waals surface area contributed by atoms with E-state index in [2.05, 4.69) is 5.32 Å². The molecule has 3 N–H and O–H groups in total. The molecule has 6 heteroatoms. The van der Waals surface area contributed by atoms with E-state index in [4.69, 9.17) is 10.2 Å². The van der Waals surface area contributed by atoms with Crippen molar-refractivity contribution in [3.05, 3.63) is 35.6 Å². The monoisotopic (exact) mass is 227 g/mol. The van der Waals surface area contributed by atoms with Gasteiger partial charge in [0.15, 0.2) is 6.10 Å². The molecule has 0 radical (unpaired) electrons. The second kappa shape index (κ2) is 5.22. The SMILES string of the molecule is O=C(NCC(O)C(=O)O)c1ccccc1F. The minimum absolute atomic E-state index is 0.194. The number of amides is 1. The highest BCUT2D eigenvalue weighted by atomic mass is 19.1. The summed E-state index contributed by atoms with van der Waals surface area (Å²) < 4.78 is 13.1. The fourth-order valence-corrected chi connectivity index (χ4v) is 1.02. The summed E-state index contributed by atoms with van der Waals surface area (Å²) in [5.41, 5.74) is -0.194. The lowest BCUT2D eigenvalue weighted by atomic mass is 10.2. The molecule has 0 fully saturated rings. The fourth-order valence-electron chi connectivity index (χ4n) is 1.02. The third kappa shape index (κ3) is 3.03. The van der Waals surface area contributed by atoms with Gasteiger partial charge in [-0.05, 0) is 12.1 Å². The number of carbonyl (C=O) groups is 2. The largest absolute Gasteiger partial charge is 0.479 e. The average Bonchev–Trinajstić information content (AvgIpc) is 2.25. The van der Waals surface area contributed by atoms with Gasteiger partial charge in [0.25, 0.3) is 5.91 Å². The molecule has 0 spiro atoms. The predicted octanol–water partition coefficient (Wildman–Crippen LogP) is 0.001000. The van der Waals surface area contributed by atoms with Crippen molar-refractivity contribution in [1.29, 1.82) is 0 Å². The van der Waals surface area contributed by atoms with Crippen LogP contribution in [0.15, 0.2) is 24.3 Å². The van der Waals surface area contributed by atoms with E-state index in [1.165, 1.54) is 18.2 Å². The van der Waals surface area contributed by atoms with Crippen molar-refractivity contribution in [3.63, 3.8) is 0 Å². The molecule has 1 unspecified atom stereocenters. The van der Waals surface area contributed by atoms with E-state index in [0.717, 1.165) is 6.07 Å². The molecule has 1 atom stereocenters. The highest BCUT2D eigenvalue weighted by Gasteiger charge is 2.16. The van der Waals surface area contributed by atoms with Gasteiger partial charge in [0.05, 0.1) is 12.1 Å². The highest BCUT2D eigenvalue weighted by Crippen LogP contribution is 2.05. The number of aliphatic hydroxyl groups is 1. The Bertz CT molecular complexity index is 408. The van der Waals surface area contributed by atoms with Crippen molar-refractivity contribution in [3.8, 4) is 0 Å². The Morgan fingerprint density at radius 3 is 2.56 bits per heavy atom. The summed E-state index contributed by atoms with van der Waals surface area (Å²) in [4.78, 5) is 21.6. The lowest BCUT2D eigenvalue weighted by molar-refractivity contribution is -0.146. The molecular formula is C10H10FNO4. The minimum atomic E-state index is -1.70. The van der Waals surface area contributed by atoms with E-state index in [1.807, 2.05) is 0 Å². The van der Waals surface area contributed by atoms with Crippen LogP contribution in [0.5, 0.6) is 0 Å². The first kappa shape index (κ1) is 12.1. The van der Waals surface area contributed by atoms with Crippen LogP contribution < -0.4 is 5.32 Å². The van der Waals surface area contributed by atoms with E-state index in [9.17, 15) is 14.0 Å². The molecule has 1 aromatic carbocycles. The number of benzene rings is 1. The van der Waals surface area contributed by atoms with Crippen molar-refractivity contribution in [1.82, 2.24) is 5.32 Å². The third-order valence-electron chi connectivity index (χ3n) is 1.86. The van der Waals surface area contributed by atoms with Crippen molar-refractivity contribution >= 4 is 11.9 Å². The molecule has 0 aromatic heterocycles. The Hall–Kier alpha value is -1.95. The zero-order valence-corrected chi connectivity index (χ0v) is 8.18. The van der Waals surface area contributed by atoms with Crippen LogP contribution in [0.1, 0.15) is 10.4 Å². The molecule has 5 nitrogen and oxygen atoms in total. The van der Waals surface area contributed by atoms with Crippen LogP contribution >= 0.6 is 0 Å². The van der Waals surface area contributed by atoms with E-state index in [1.54, 1.807) is 0 Å². The molecule has 16 heavy (non-hydrogen) atoms. The normalized spacial score (nSPS) is 11.9. The highest BCUT2D eigenvalue weighted by molar-refractivity contribution is 5.94. The Morgan fingerprint density at radius 2 is 2.00 bits per heavy atom. The number of hydrogen-bond donors (Lipinski definition) is 3. The van der Waals surface area contributed by atoms with Crippen LogP contribution in [0.4, 0.5) is 4.39 Å². The molecule has 1 rings (SSSR count). The summed E-state index contributed by atoms with van der Waals surface area (Å²) in [5, 5.41) is 19.3. The third-order valence-corrected chi connectivity index (χ3v) is 1.86. The van der Waals surface area contributed by atoms with Gasteiger partial charge >= 0.3 is 5.97 Å². The molecule has 0 aliphatic heterocycles. The number of hydrogen-bond acceptors (Lipinski definition) is 3. The first-order valence-corrected chi connectivity index (χ1v) is 4.46. The Kier molecular flexibility index (Phi) is 3.96. The van der Waals surface area contributed by atoms with Crippen molar-refractivity contribution in [2.45, 2.75) is 6.10 Å². The second-order valence-electron chi connectivity index (χ2n) is 3.04. The summed E-state index contributed by atoms with van der Waals surface area (Å²) in [6.45, 7) is -0.470. The lowest BCUT2D eigenvalue weighted by Crippen LogP contribution is -2.36. The summed E-state index contributed by atoms with van der Waals surface area (Å²) in [5.74, 6) is -2.92. The van der Waals surface area contributed by atoms with Gasteiger partial charge in [0.2, 0.25) is 0 Å². The summed E-state index contributed by atoms with van der Waals surface area (Å²) >= 11 is 0. The van der Waals surface area contributed by atoms with Gasteiger partial charge in [-0.3, -0.25) is 4.79 Å². The minimum Gasteiger partial charge on any atom is -0.479 e. The number of nitrogens with one attached hydrogen (secondary N) is 1. The number of carbonyl (C=O) groups excluding carboxylic acids is 1. The Balaban J connectivity index is 2.60. The number of aliphatic hydroxyl groups excluding tert-OH is 1. The van der Waals surface area contributed by atoms with E-state index in [-0.39, 0.29) is 5.56 Å². The van der Waals surface area contributed by atoms with E-state index in [0.29, 0.717) is 0 Å². The van der Waals surface area contributed by atoms with Crippen molar-refractivity contribution < 1.29 is 24.2 Å². The van der Waals surface area contributed by atoms with Crippen LogP contribution in [-0.2, 0) is 4.79 Å². The maximum atomic E-state index is 13.1. The standard InChI is InChI=1S/C10H10FNO4/c11-7-4-2-1-3-6(7)9(14)12-5-8(13)10(15)16/h1-4,8,13H,5H2,(H,12,14)(H,15,16). The first-order valence-electron chi connectivity index (χ1n) is 4.46. The van der Waals surface area contributed by atoms with Gasteiger partial charge in [-0.2, -0.15) is 0 Å². The molecule has 1 amide bonds. The molecule has 1 aromatic rings. The number of carboxylic acids is 1. The van der Waals surface area contributed by atoms with Gasteiger partial charge < -0.3 is 15.5 Å². The van der Waals surface area contributed by atoms with Crippen LogP contribution in [0, 0.1) is 5.82 Å². The van der Waals surface area contributed by atoms with Crippen LogP contribution in [0.3, 0.4) is 0 Å². The molecule has 0 aliphatic carbocycles. The molecule has 0 saturated carbocycles. The summed E-state index contributed by atoms with van der Waals surface area (Å²) in [6, 6.07) is 5.28. The van der Waals surface area contributed by atoms with Crippen LogP contribution in [0.25, 0.3) is 0 Å². The van der Waals surface area contributed by atoms with Crippen molar-refractivity contribution in [2.24, 2.45) is 0 Å². The van der Waals surface area contributed by atoms with Gasteiger partial charge in [0.1, 0.15) is 5.82 Å². The van der Waals surface area contributed by atoms with Crippen molar-refractivity contribution in [2.75, 3.05) is 6.54 Å². The number of halogens is 1. The molecule has 86 valence electrons. The molecule has 0 saturated heterocycles. The fraction of sp³-hybridized carbons (Fsp3) is 0.200. The Morgan fingerprint density at radius 1 is 1.38 bits per heavy atom. The zero-order valence-electron chi connectivity index (χ0n) is 8.18. The maximum absolute atomic E-state index is 13.1. The summed E-state index contributed by atoms with van der Waals surface area (Å²) in [7, 11) is 0. The number of aliphatic carboxylic acids is 1. The van der Waals surface area contributed by atoms with E-state index >= 15 is 0 Å². The summed E-state index contributed by atoms with van der Waals surface area (Å²) in [6.07, 6.45) is -1.70. The van der Waals surface area contributed by atoms with Gasteiger partial charge in [-0.25, -0.2) is 9.18 Å². The predicted molar refractivity (Wildman–Crippen MR) is 52.4 cm³/mol. The molecule has 0 bridgehead atoms. The smallest absolute Gasteiger partial charge is 0.334 e. The molecular weight excluding hydrogens is 217 g/mol. The molecule has 0 heterocycles.